The van der Waals surface area contributed by atoms with Crippen LogP contribution in [0.25, 0.3) is 10.9 Å². The van der Waals surface area contributed by atoms with Crippen LogP contribution in [0.1, 0.15) is 26.7 Å². The first-order valence-electron chi connectivity index (χ1n) is 7.49. The van der Waals surface area contributed by atoms with Gasteiger partial charge >= 0.3 is 0 Å². The highest BCUT2D eigenvalue weighted by Gasteiger charge is 2.21. The average molecular weight is 302 g/mol. The van der Waals surface area contributed by atoms with Crippen molar-refractivity contribution in [2.45, 2.75) is 38.8 Å². The molecule has 6 heteroatoms. The zero-order chi connectivity index (χ0) is 16.2. The van der Waals surface area contributed by atoms with Gasteiger partial charge in [-0.15, -0.1) is 0 Å². The van der Waals surface area contributed by atoms with Gasteiger partial charge < -0.3 is 11.1 Å². The Bertz CT molecular complexity index is 719. The normalized spacial score (nSPS) is 11.6. The molecule has 6 nitrogen and oxygen atoms in total. The summed E-state index contributed by atoms with van der Waals surface area (Å²) in [6.07, 6.45) is 2.96. The number of aromatic nitrogens is 2. The second kappa shape index (κ2) is 6.70. The molecule has 0 aliphatic carbocycles. The van der Waals surface area contributed by atoms with Crippen molar-refractivity contribution in [3.05, 3.63) is 40.9 Å². The fraction of sp³-hybridized carbons (Fsp3) is 0.438. The number of nitrogens with zero attached hydrogens (tertiary/aromatic N) is 2. The van der Waals surface area contributed by atoms with Crippen molar-refractivity contribution >= 4 is 16.8 Å². The zero-order valence-corrected chi connectivity index (χ0v) is 13.0. The average Bonchev–Trinajstić information content (AvgIpc) is 2.55. The van der Waals surface area contributed by atoms with Gasteiger partial charge in [-0.2, -0.15) is 0 Å². The van der Waals surface area contributed by atoms with E-state index in [2.05, 4.69) is 10.3 Å². The third kappa shape index (κ3) is 3.51. The topological polar surface area (TPSA) is 90.0 Å². The molecule has 1 aromatic heterocycles. The number of hydrogen-bond acceptors (Lipinski definition) is 4. The van der Waals surface area contributed by atoms with E-state index < -0.39 is 5.54 Å². The summed E-state index contributed by atoms with van der Waals surface area (Å²) >= 11 is 0. The summed E-state index contributed by atoms with van der Waals surface area (Å²) in [4.78, 5) is 28.5. The summed E-state index contributed by atoms with van der Waals surface area (Å²) in [6.45, 7) is 4.33. The molecule has 0 radical (unpaired) electrons. The number of hydrogen-bond donors (Lipinski definition) is 2. The summed E-state index contributed by atoms with van der Waals surface area (Å²) in [5, 5.41) is 3.30. The van der Waals surface area contributed by atoms with Crippen molar-refractivity contribution in [1.82, 2.24) is 14.9 Å². The largest absolute Gasteiger partial charge is 0.353 e. The Hall–Kier alpha value is -2.21. The lowest BCUT2D eigenvalue weighted by atomic mass is 9.94. The molecule has 1 amide bonds. The van der Waals surface area contributed by atoms with E-state index >= 15 is 0 Å². The Kier molecular flexibility index (Phi) is 4.92. The van der Waals surface area contributed by atoms with Crippen molar-refractivity contribution in [3.8, 4) is 0 Å². The molecule has 0 spiro atoms. The zero-order valence-electron chi connectivity index (χ0n) is 13.0. The lowest BCUT2D eigenvalue weighted by Crippen LogP contribution is -2.50. The van der Waals surface area contributed by atoms with Crippen LogP contribution in [0.2, 0.25) is 0 Å². The molecular weight excluding hydrogens is 280 g/mol. The van der Waals surface area contributed by atoms with Gasteiger partial charge in [0.25, 0.3) is 5.56 Å². The lowest BCUT2D eigenvalue weighted by Gasteiger charge is -2.26. The van der Waals surface area contributed by atoms with Crippen LogP contribution in [-0.4, -0.2) is 27.5 Å². The van der Waals surface area contributed by atoms with Crippen LogP contribution in [0.15, 0.2) is 35.4 Å². The molecule has 0 atom stereocenters. The first-order chi connectivity index (χ1) is 10.5. The molecule has 3 N–H and O–H groups in total. The molecule has 0 saturated heterocycles. The van der Waals surface area contributed by atoms with Crippen LogP contribution in [0.3, 0.4) is 0 Å². The molecule has 1 aromatic carbocycles. The number of para-hydroxylation sites is 1. The van der Waals surface area contributed by atoms with E-state index in [-0.39, 0.29) is 18.0 Å². The predicted octanol–water partition coefficient (Wildman–Crippen LogP) is 1.03. The van der Waals surface area contributed by atoms with Gasteiger partial charge in [0, 0.05) is 12.1 Å². The second-order valence-corrected chi connectivity index (χ2v) is 5.54. The fourth-order valence-corrected chi connectivity index (χ4v) is 2.20. The van der Waals surface area contributed by atoms with Crippen LogP contribution < -0.4 is 16.6 Å². The van der Waals surface area contributed by atoms with Gasteiger partial charge in [0.1, 0.15) is 6.54 Å². The van der Waals surface area contributed by atoms with E-state index in [4.69, 9.17) is 5.73 Å². The number of fused-ring (bicyclic) bond motifs is 1. The molecule has 22 heavy (non-hydrogen) atoms. The van der Waals surface area contributed by atoms with Crippen LogP contribution in [0.5, 0.6) is 0 Å². The van der Waals surface area contributed by atoms with Gasteiger partial charge in [-0.3, -0.25) is 14.2 Å². The Balaban J connectivity index is 2.09. The minimum absolute atomic E-state index is 0.0554. The fourth-order valence-electron chi connectivity index (χ4n) is 2.20. The summed E-state index contributed by atoms with van der Waals surface area (Å²) in [7, 11) is 0. The summed E-state index contributed by atoms with van der Waals surface area (Å²) < 4.78 is 1.31. The molecule has 0 aliphatic heterocycles. The van der Waals surface area contributed by atoms with Crippen molar-refractivity contribution in [2.75, 3.05) is 6.54 Å². The Morgan fingerprint density at radius 1 is 1.32 bits per heavy atom. The predicted molar refractivity (Wildman–Crippen MR) is 86.5 cm³/mol. The molecular formula is C16H22N4O2. The highest BCUT2D eigenvalue weighted by Crippen LogP contribution is 2.09. The standard InChI is InChI=1S/C16H22N4O2/c1-3-16(17,4-2)10-18-14(21)9-20-11-19-13-8-6-5-7-12(13)15(20)22/h5-8,11H,3-4,9-10,17H2,1-2H3,(H,18,21). The van der Waals surface area contributed by atoms with Crippen LogP contribution >= 0.6 is 0 Å². The number of rotatable bonds is 6. The van der Waals surface area contributed by atoms with Crippen LogP contribution in [0, 0.1) is 0 Å². The minimum Gasteiger partial charge on any atom is -0.353 e. The number of nitrogens with one attached hydrogen (secondary N) is 1. The van der Waals surface area contributed by atoms with Crippen LogP contribution in [0.4, 0.5) is 0 Å². The number of carbonyl (C=O) groups excluding carboxylic acids is 1. The van der Waals surface area contributed by atoms with Crippen molar-refractivity contribution in [1.29, 1.82) is 0 Å². The monoisotopic (exact) mass is 302 g/mol. The quantitative estimate of drug-likeness (QED) is 0.834. The van der Waals surface area contributed by atoms with Gasteiger partial charge in [0.05, 0.1) is 17.2 Å². The van der Waals surface area contributed by atoms with Gasteiger partial charge in [-0.1, -0.05) is 26.0 Å². The van der Waals surface area contributed by atoms with Gasteiger partial charge in [0.2, 0.25) is 5.91 Å². The lowest BCUT2D eigenvalue weighted by molar-refractivity contribution is -0.122. The highest BCUT2D eigenvalue weighted by molar-refractivity contribution is 5.78. The third-order valence-electron chi connectivity index (χ3n) is 4.09. The highest BCUT2D eigenvalue weighted by atomic mass is 16.2. The van der Waals surface area contributed by atoms with Crippen molar-refractivity contribution in [2.24, 2.45) is 5.73 Å². The molecule has 0 aliphatic rings. The number of benzene rings is 1. The minimum atomic E-state index is -0.401. The molecule has 2 aromatic rings. The van der Waals surface area contributed by atoms with E-state index in [9.17, 15) is 9.59 Å². The smallest absolute Gasteiger partial charge is 0.261 e. The Morgan fingerprint density at radius 2 is 2.00 bits per heavy atom. The van der Waals surface area contributed by atoms with Crippen molar-refractivity contribution in [3.63, 3.8) is 0 Å². The van der Waals surface area contributed by atoms with Gasteiger partial charge in [-0.25, -0.2) is 4.98 Å². The van der Waals surface area contributed by atoms with Crippen LogP contribution in [-0.2, 0) is 11.3 Å². The number of amides is 1. The first kappa shape index (κ1) is 16.2. The SMILES string of the molecule is CCC(N)(CC)CNC(=O)Cn1cnc2ccccc2c1=O. The van der Waals surface area contributed by atoms with E-state index in [1.54, 1.807) is 18.2 Å². The molecule has 118 valence electrons. The summed E-state index contributed by atoms with van der Waals surface area (Å²) in [6, 6.07) is 7.08. The Labute approximate surface area is 129 Å². The number of nitrogens with two attached hydrogens (primary N) is 1. The van der Waals surface area contributed by atoms with E-state index in [1.165, 1.54) is 10.9 Å². The number of carbonyl (C=O) groups is 1. The molecule has 0 unspecified atom stereocenters. The maximum Gasteiger partial charge on any atom is 0.261 e. The molecule has 0 fully saturated rings. The van der Waals surface area contributed by atoms with E-state index in [0.717, 1.165) is 12.8 Å². The maximum atomic E-state index is 12.3. The van der Waals surface area contributed by atoms with E-state index in [0.29, 0.717) is 17.4 Å². The van der Waals surface area contributed by atoms with Gasteiger partial charge in [-0.05, 0) is 25.0 Å². The molecule has 1 heterocycles. The molecule has 2 rings (SSSR count). The Morgan fingerprint density at radius 3 is 2.68 bits per heavy atom. The second-order valence-electron chi connectivity index (χ2n) is 5.54. The van der Waals surface area contributed by atoms with Crippen molar-refractivity contribution < 1.29 is 4.79 Å². The van der Waals surface area contributed by atoms with E-state index in [1.807, 2.05) is 19.9 Å². The molecule has 0 bridgehead atoms. The summed E-state index contributed by atoms with van der Waals surface area (Å²) in [5.41, 5.74) is 6.16. The maximum absolute atomic E-state index is 12.3. The summed E-state index contributed by atoms with van der Waals surface area (Å²) in [5.74, 6) is -0.240. The van der Waals surface area contributed by atoms with Gasteiger partial charge in [0.15, 0.2) is 0 Å². The molecule has 0 saturated carbocycles. The first-order valence-corrected chi connectivity index (χ1v) is 7.49. The third-order valence-corrected chi connectivity index (χ3v) is 4.09.